The largest absolute Gasteiger partial charge is 0.363 e. The smallest absolute Gasteiger partial charge is 0.205 e. The molecule has 2 aromatic rings. The number of aryl methyl sites for hydroxylation is 1. The standard InChI is InChI=1S/C13H19N5S2/c1-9-10(11-16-17-12(14-2)20-11)19-13(15-9)18-7-5-3-4-6-8-18/h3-8H2,1-2H3,(H,14,17). The van der Waals surface area contributed by atoms with E-state index in [1.807, 2.05) is 7.05 Å². The Balaban J connectivity index is 1.86. The van der Waals surface area contributed by atoms with Gasteiger partial charge in [0, 0.05) is 20.1 Å². The van der Waals surface area contributed by atoms with Crippen LogP contribution in [-0.2, 0) is 0 Å². The maximum atomic E-state index is 4.75. The van der Waals surface area contributed by atoms with Crippen molar-refractivity contribution in [1.29, 1.82) is 0 Å². The molecule has 0 amide bonds. The van der Waals surface area contributed by atoms with Gasteiger partial charge in [-0.2, -0.15) is 0 Å². The molecular formula is C13H19N5S2. The number of anilines is 2. The van der Waals surface area contributed by atoms with Crippen LogP contribution in [0.1, 0.15) is 31.4 Å². The van der Waals surface area contributed by atoms with Crippen molar-refractivity contribution >= 4 is 32.9 Å². The first-order valence-corrected chi connectivity index (χ1v) is 8.65. The van der Waals surface area contributed by atoms with Gasteiger partial charge in [0.15, 0.2) is 10.1 Å². The second kappa shape index (κ2) is 6.05. The molecule has 0 saturated carbocycles. The Morgan fingerprint density at radius 2 is 1.80 bits per heavy atom. The number of thiazole rings is 1. The Labute approximate surface area is 127 Å². The number of aromatic nitrogens is 3. The van der Waals surface area contributed by atoms with Gasteiger partial charge < -0.3 is 10.2 Å². The van der Waals surface area contributed by atoms with Crippen LogP contribution >= 0.6 is 22.7 Å². The topological polar surface area (TPSA) is 53.9 Å². The minimum atomic E-state index is 0.851. The second-order valence-electron chi connectivity index (χ2n) is 4.97. The summed E-state index contributed by atoms with van der Waals surface area (Å²) in [5, 5.41) is 14.4. The highest BCUT2D eigenvalue weighted by molar-refractivity contribution is 7.25. The third-order valence-corrected chi connectivity index (χ3v) is 5.81. The van der Waals surface area contributed by atoms with E-state index in [2.05, 4.69) is 27.3 Å². The minimum Gasteiger partial charge on any atom is -0.363 e. The van der Waals surface area contributed by atoms with Crippen LogP contribution in [0.5, 0.6) is 0 Å². The molecule has 1 aliphatic heterocycles. The average Bonchev–Trinajstić information content (AvgIpc) is 2.97. The molecule has 0 spiro atoms. The van der Waals surface area contributed by atoms with Crippen LogP contribution in [-0.4, -0.2) is 35.3 Å². The first kappa shape index (κ1) is 13.8. The third kappa shape index (κ3) is 2.78. The lowest BCUT2D eigenvalue weighted by molar-refractivity contribution is 0.726. The predicted molar refractivity (Wildman–Crippen MR) is 86.0 cm³/mol. The van der Waals surface area contributed by atoms with Crippen molar-refractivity contribution in [3.63, 3.8) is 0 Å². The van der Waals surface area contributed by atoms with Gasteiger partial charge in [0.2, 0.25) is 5.13 Å². The van der Waals surface area contributed by atoms with E-state index in [9.17, 15) is 0 Å². The molecule has 1 fully saturated rings. The summed E-state index contributed by atoms with van der Waals surface area (Å²) in [5.41, 5.74) is 1.06. The summed E-state index contributed by atoms with van der Waals surface area (Å²) >= 11 is 3.33. The van der Waals surface area contributed by atoms with Gasteiger partial charge in [-0.3, -0.25) is 0 Å². The fraction of sp³-hybridized carbons (Fsp3) is 0.615. The molecule has 108 valence electrons. The minimum absolute atomic E-state index is 0.851. The van der Waals surface area contributed by atoms with Gasteiger partial charge in [-0.15, -0.1) is 10.2 Å². The summed E-state index contributed by atoms with van der Waals surface area (Å²) in [6.07, 6.45) is 5.23. The summed E-state index contributed by atoms with van der Waals surface area (Å²) in [5.74, 6) is 0. The molecule has 2 aromatic heterocycles. The molecule has 0 bridgehead atoms. The van der Waals surface area contributed by atoms with E-state index < -0.39 is 0 Å². The second-order valence-corrected chi connectivity index (χ2v) is 6.93. The number of nitrogens with one attached hydrogen (secondary N) is 1. The zero-order chi connectivity index (χ0) is 13.9. The maximum Gasteiger partial charge on any atom is 0.205 e. The molecule has 5 nitrogen and oxygen atoms in total. The van der Waals surface area contributed by atoms with E-state index in [0.29, 0.717) is 0 Å². The van der Waals surface area contributed by atoms with Gasteiger partial charge in [-0.25, -0.2) is 4.98 Å². The van der Waals surface area contributed by atoms with Crippen LogP contribution in [0.15, 0.2) is 0 Å². The van der Waals surface area contributed by atoms with Crippen molar-refractivity contribution < 1.29 is 0 Å². The van der Waals surface area contributed by atoms with E-state index in [1.165, 1.54) is 25.7 Å². The van der Waals surface area contributed by atoms with Gasteiger partial charge in [0.25, 0.3) is 0 Å². The monoisotopic (exact) mass is 309 g/mol. The van der Waals surface area contributed by atoms with E-state index in [1.54, 1.807) is 22.7 Å². The van der Waals surface area contributed by atoms with E-state index in [4.69, 9.17) is 4.98 Å². The van der Waals surface area contributed by atoms with Crippen LogP contribution in [0.2, 0.25) is 0 Å². The molecule has 1 N–H and O–H groups in total. The van der Waals surface area contributed by atoms with Crippen LogP contribution in [0.3, 0.4) is 0 Å². The number of hydrogen-bond donors (Lipinski definition) is 1. The highest BCUT2D eigenvalue weighted by Crippen LogP contribution is 2.37. The Bertz CT molecular complexity index is 569. The van der Waals surface area contributed by atoms with Crippen LogP contribution in [0.4, 0.5) is 10.3 Å². The molecule has 1 saturated heterocycles. The molecule has 3 heterocycles. The van der Waals surface area contributed by atoms with Gasteiger partial charge in [-0.1, -0.05) is 35.5 Å². The fourth-order valence-electron chi connectivity index (χ4n) is 2.39. The normalized spacial score (nSPS) is 16.2. The molecule has 0 aliphatic carbocycles. The van der Waals surface area contributed by atoms with E-state index in [0.717, 1.165) is 38.9 Å². The average molecular weight is 309 g/mol. The van der Waals surface area contributed by atoms with Gasteiger partial charge in [-0.05, 0) is 19.8 Å². The SMILES string of the molecule is CNc1nnc(-c2sc(N3CCCCCC3)nc2C)s1. The van der Waals surface area contributed by atoms with E-state index in [-0.39, 0.29) is 0 Å². The van der Waals surface area contributed by atoms with Gasteiger partial charge in [0.1, 0.15) is 0 Å². The molecule has 7 heteroatoms. The van der Waals surface area contributed by atoms with Gasteiger partial charge in [0.05, 0.1) is 10.6 Å². The van der Waals surface area contributed by atoms with Gasteiger partial charge >= 0.3 is 0 Å². The molecule has 0 unspecified atom stereocenters. The first-order chi connectivity index (χ1) is 9.78. The lowest BCUT2D eigenvalue weighted by Gasteiger charge is -2.18. The Hall–Kier alpha value is -1.21. The highest BCUT2D eigenvalue weighted by atomic mass is 32.1. The molecule has 1 aliphatic rings. The zero-order valence-electron chi connectivity index (χ0n) is 11.8. The van der Waals surface area contributed by atoms with Crippen molar-refractivity contribution in [3.05, 3.63) is 5.69 Å². The van der Waals surface area contributed by atoms with Crippen molar-refractivity contribution in [2.75, 3.05) is 30.4 Å². The molecule has 0 atom stereocenters. The van der Waals surface area contributed by atoms with Crippen LogP contribution in [0.25, 0.3) is 9.88 Å². The van der Waals surface area contributed by atoms with Crippen molar-refractivity contribution in [2.45, 2.75) is 32.6 Å². The summed E-state index contributed by atoms with van der Waals surface area (Å²) in [7, 11) is 1.87. The fourth-order valence-corrected chi connectivity index (χ4v) is 4.33. The first-order valence-electron chi connectivity index (χ1n) is 7.02. The molecule has 0 radical (unpaired) electrons. The van der Waals surface area contributed by atoms with E-state index >= 15 is 0 Å². The summed E-state index contributed by atoms with van der Waals surface area (Å²) in [6.45, 7) is 4.32. The predicted octanol–water partition coefficient (Wildman–Crippen LogP) is 3.39. The Kier molecular flexibility index (Phi) is 4.16. The number of hydrogen-bond acceptors (Lipinski definition) is 7. The summed E-state index contributed by atoms with van der Waals surface area (Å²) < 4.78 is 0. The van der Waals surface area contributed by atoms with Crippen molar-refractivity contribution in [2.24, 2.45) is 0 Å². The zero-order valence-corrected chi connectivity index (χ0v) is 13.5. The molecule has 20 heavy (non-hydrogen) atoms. The molecule has 3 rings (SSSR count). The Morgan fingerprint density at radius 3 is 2.45 bits per heavy atom. The maximum absolute atomic E-state index is 4.75. The summed E-state index contributed by atoms with van der Waals surface area (Å²) in [6, 6.07) is 0. The van der Waals surface area contributed by atoms with Crippen molar-refractivity contribution in [1.82, 2.24) is 15.2 Å². The number of nitrogens with zero attached hydrogens (tertiary/aromatic N) is 4. The third-order valence-electron chi connectivity index (χ3n) is 3.49. The highest BCUT2D eigenvalue weighted by Gasteiger charge is 2.18. The lowest BCUT2D eigenvalue weighted by Crippen LogP contribution is -2.23. The van der Waals surface area contributed by atoms with Crippen LogP contribution in [0, 0.1) is 6.92 Å². The molecule has 0 aromatic carbocycles. The number of rotatable bonds is 3. The van der Waals surface area contributed by atoms with Crippen molar-refractivity contribution in [3.8, 4) is 9.88 Å². The summed E-state index contributed by atoms with van der Waals surface area (Å²) in [4.78, 5) is 8.33. The molecular weight excluding hydrogens is 290 g/mol. The lowest BCUT2D eigenvalue weighted by atomic mass is 10.2. The Morgan fingerprint density at radius 1 is 1.05 bits per heavy atom. The van der Waals surface area contributed by atoms with Crippen LogP contribution < -0.4 is 10.2 Å². The quantitative estimate of drug-likeness (QED) is 0.942.